The Morgan fingerprint density at radius 3 is 1.87 bits per heavy atom. The number of esters is 3. The van der Waals surface area contributed by atoms with Gasteiger partial charge >= 0.3 is 17.9 Å². The molecule has 3 saturated carbocycles. The third kappa shape index (κ3) is 5.07. The van der Waals surface area contributed by atoms with E-state index in [1.165, 1.54) is 25.1 Å². The third-order valence-corrected chi connectivity index (χ3v) is 10.9. The van der Waals surface area contributed by atoms with Crippen LogP contribution >= 0.6 is 0 Å². The van der Waals surface area contributed by atoms with Gasteiger partial charge in [-0.25, -0.2) is 9.59 Å². The molecule has 246 valence electrons. The number of allylic oxidation sites excluding steroid dienone is 1. The van der Waals surface area contributed by atoms with Crippen molar-refractivity contribution in [1.29, 1.82) is 0 Å². The SMILES string of the molecule is C=C[C@@]1(C)C[C@@H](OC(=O)c2ccccc2)[C@H]2[C@](O)(C1=O)[C@H](O)C[C@H]1C(C)(C)[C@H](OC(C)=O)[C@H](O)[C@H](OC(=O)c3ccccc3)[C@@]12C. The second-order valence-corrected chi connectivity index (χ2v) is 14.0. The Balaban J connectivity index is 1.72. The maximum Gasteiger partial charge on any atom is 0.338 e. The van der Waals surface area contributed by atoms with Crippen molar-refractivity contribution in [2.24, 2.45) is 28.1 Å². The third-order valence-electron chi connectivity index (χ3n) is 10.9. The molecule has 0 saturated heterocycles. The highest BCUT2D eigenvalue weighted by atomic mass is 16.6. The fourth-order valence-corrected chi connectivity index (χ4v) is 8.68. The fourth-order valence-electron chi connectivity index (χ4n) is 8.68. The summed E-state index contributed by atoms with van der Waals surface area (Å²) in [6, 6.07) is 16.3. The predicted molar refractivity (Wildman–Crippen MR) is 165 cm³/mol. The first kappa shape index (κ1) is 33.5. The van der Waals surface area contributed by atoms with Gasteiger partial charge in [-0.3, -0.25) is 9.59 Å². The van der Waals surface area contributed by atoms with Crippen LogP contribution in [0.1, 0.15) is 68.2 Å². The van der Waals surface area contributed by atoms with Crippen molar-refractivity contribution in [3.63, 3.8) is 0 Å². The van der Waals surface area contributed by atoms with Crippen LogP contribution in [0.25, 0.3) is 0 Å². The Hall–Kier alpha value is -3.86. The van der Waals surface area contributed by atoms with Crippen LogP contribution in [0.4, 0.5) is 0 Å². The number of carbonyl (C=O) groups is 4. The molecule has 10 heteroatoms. The zero-order chi connectivity index (χ0) is 33.8. The quantitative estimate of drug-likeness (QED) is 0.243. The molecule has 3 N–H and O–H groups in total. The van der Waals surface area contributed by atoms with Crippen LogP contribution < -0.4 is 0 Å². The van der Waals surface area contributed by atoms with Crippen LogP contribution in [0.2, 0.25) is 0 Å². The molecule has 3 aliphatic rings. The maximum atomic E-state index is 14.3. The van der Waals surface area contributed by atoms with Crippen molar-refractivity contribution < 1.29 is 48.7 Å². The number of Topliss-reactive ketones (excluding diaryl/α,β-unsaturated/α-hetero) is 1. The van der Waals surface area contributed by atoms with Crippen LogP contribution in [0.15, 0.2) is 73.3 Å². The molecule has 3 aliphatic carbocycles. The molecule has 0 amide bonds. The zero-order valence-electron chi connectivity index (χ0n) is 26.7. The van der Waals surface area contributed by atoms with E-state index in [1.807, 2.05) is 0 Å². The first-order valence-electron chi connectivity index (χ1n) is 15.5. The number of hydrogen-bond donors (Lipinski definition) is 3. The van der Waals surface area contributed by atoms with Crippen LogP contribution in [-0.2, 0) is 23.8 Å². The van der Waals surface area contributed by atoms with Gasteiger partial charge in [0.05, 0.1) is 22.6 Å². The van der Waals surface area contributed by atoms with Crippen LogP contribution in [0.5, 0.6) is 0 Å². The summed E-state index contributed by atoms with van der Waals surface area (Å²) in [6.45, 7) is 11.8. The minimum atomic E-state index is -2.50. The van der Waals surface area contributed by atoms with E-state index in [0.29, 0.717) is 0 Å². The van der Waals surface area contributed by atoms with Gasteiger partial charge in [-0.1, -0.05) is 63.2 Å². The van der Waals surface area contributed by atoms with Crippen LogP contribution in [-0.4, -0.2) is 75.1 Å². The van der Waals surface area contributed by atoms with E-state index in [-0.39, 0.29) is 24.0 Å². The summed E-state index contributed by atoms with van der Waals surface area (Å²) < 4.78 is 17.9. The molecule has 0 aromatic heterocycles. The number of rotatable bonds is 6. The average molecular weight is 635 g/mol. The number of carbonyl (C=O) groups excluding carboxylic acids is 4. The highest BCUT2D eigenvalue weighted by molar-refractivity contribution is 5.96. The zero-order valence-corrected chi connectivity index (χ0v) is 26.7. The second-order valence-electron chi connectivity index (χ2n) is 14.0. The fraction of sp³-hybridized carbons (Fsp3) is 0.500. The summed E-state index contributed by atoms with van der Waals surface area (Å²) >= 11 is 0. The molecule has 2 aromatic carbocycles. The number of ketones is 1. The predicted octanol–water partition coefficient (Wildman–Crippen LogP) is 3.67. The molecule has 0 aliphatic heterocycles. The molecule has 10 nitrogen and oxygen atoms in total. The summed E-state index contributed by atoms with van der Waals surface area (Å²) in [6.07, 6.45) is -6.08. The van der Waals surface area contributed by atoms with E-state index < -0.39 is 87.9 Å². The molecule has 0 spiro atoms. The maximum absolute atomic E-state index is 14.3. The van der Waals surface area contributed by atoms with E-state index in [9.17, 15) is 34.5 Å². The topological polar surface area (TPSA) is 157 Å². The van der Waals surface area contributed by atoms with E-state index in [4.69, 9.17) is 14.2 Å². The van der Waals surface area contributed by atoms with Gasteiger partial charge in [-0.05, 0) is 43.5 Å². The molecule has 10 atom stereocenters. The first-order valence-corrected chi connectivity index (χ1v) is 15.5. The lowest BCUT2D eigenvalue weighted by atomic mass is 9.39. The summed E-state index contributed by atoms with van der Waals surface area (Å²) in [5.41, 5.74) is -6.11. The van der Waals surface area contributed by atoms with E-state index in [2.05, 4.69) is 6.58 Å². The number of fused-ring (bicyclic) bond motifs is 3. The monoisotopic (exact) mass is 634 g/mol. The molecule has 0 unspecified atom stereocenters. The Labute approximate surface area is 268 Å². The highest BCUT2D eigenvalue weighted by Gasteiger charge is 2.77. The van der Waals surface area contributed by atoms with Gasteiger partial charge in [0, 0.05) is 30.1 Å². The van der Waals surface area contributed by atoms with Gasteiger partial charge in [-0.15, -0.1) is 6.58 Å². The average Bonchev–Trinajstić information content (AvgIpc) is 3.02. The van der Waals surface area contributed by atoms with Crippen molar-refractivity contribution in [3.8, 4) is 0 Å². The van der Waals surface area contributed by atoms with Crippen molar-refractivity contribution in [2.75, 3.05) is 0 Å². The first-order chi connectivity index (χ1) is 21.5. The Morgan fingerprint density at radius 1 is 0.848 bits per heavy atom. The highest BCUT2D eigenvalue weighted by Crippen LogP contribution is 2.67. The number of hydrogen-bond acceptors (Lipinski definition) is 10. The number of aliphatic hydroxyl groups is 3. The summed E-state index contributed by atoms with van der Waals surface area (Å²) in [4.78, 5) is 53.8. The van der Waals surface area contributed by atoms with Crippen LogP contribution in [0, 0.1) is 28.1 Å². The smallest absolute Gasteiger partial charge is 0.338 e. The van der Waals surface area contributed by atoms with E-state index in [0.717, 1.165) is 0 Å². The Kier molecular flexibility index (Phi) is 8.55. The van der Waals surface area contributed by atoms with Crippen molar-refractivity contribution in [2.45, 2.75) is 83.6 Å². The number of ether oxygens (including phenoxy) is 3. The molecule has 0 heterocycles. The van der Waals surface area contributed by atoms with Gasteiger partial charge in [0.15, 0.2) is 11.4 Å². The Morgan fingerprint density at radius 2 is 1.37 bits per heavy atom. The Bertz CT molecular complexity index is 1520. The lowest BCUT2D eigenvalue weighted by Crippen LogP contribution is -2.80. The lowest BCUT2D eigenvalue weighted by molar-refractivity contribution is -0.312. The van der Waals surface area contributed by atoms with Gasteiger partial charge in [0.2, 0.25) is 0 Å². The second kappa shape index (κ2) is 11.7. The van der Waals surface area contributed by atoms with Crippen molar-refractivity contribution in [1.82, 2.24) is 0 Å². The van der Waals surface area contributed by atoms with Crippen molar-refractivity contribution in [3.05, 3.63) is 84.4 Å². The molecule has 2 aromatic rings. The number of benzene rings is 2. The minimum Gasteiger partial charge on any atom is -0.459 e. The van der Waals surface area contributed by atoms with Gasteiger partial charge in [0.1, 0.15) is 24.4 Å². The van der Waals surface area contributed by atoms with Gasteiger partial charge in [0.25, 0.3) is 0 Å². The largest absolute Gasteiger partial charge is 0.459 e. The normalized spacial score (nSPS) is 38.0. The standard InChI is InChI=1S/C36H42O10/c1-7-34(5)19-23(45-30(40)21-14-10-8-11-15-21)27-35(6)24(18-25(38)36(27,43)32(34)42)33(3,4)28(44-20(2)37)26(39)29(35)46-31(41)22-16-12-9-13-17-22/h7-17,23-29,38-39,43H,1,18-19H2,2-6H3/t23-,24+,25-,26+,27-,28-,29+,34+,35+,36+/m1/s1. The molecular formula is C36H42O10. The van der Waals surface area contributed by atoms with E-state index in [1.54, 1.807) is 76.2 Å². The molecule has 5 rings (SSSR count). The molecular weight excluding hydrogens is 592 g/mol. The molecule has 46 heavy (non-hydrogen) atoms. The molecule has 0 radical (unpaired) electrons. The van der Waals surface area contributed by atoms with Gasteiger partial charge < -0.3 is 29.5 Å². The lowest BCUT2D eigenvalue weighted by Gasteiger charge is -2.68. The molecule has 0 bridgehead atoms. The number of aliphatic hydroxyl groups excluding tert-OH is 2. The summed E-state index contributed by atoms with van der Waals surface area (Å²) in [5.74, 6) is -5.02. The summed E-state index contributed by atoms with van der Waals surface area (Å²) in [5, 5.41) is 36.3. The molecule has 3 fully saturated rings. The van der Waals surface area contributed by atoms with Crippen molar-refractivity contribution >= 4 is 23.7 Å². The van der Waals surface area contributed by atoms with Gasteiger partial charge in [-0.2, -0.15) is 0 Å². The van der Waals surface area contributed by atoms with E-state index >= 15 is 0 Å². The minimum absolute atomic E-state index is 0.0981. The van der Waals surface area contributed by atoms with Crippen LogP contribution in [0.3, 0.4) is 0 Å². The summed E-state index contributed by atoms with van der Waals surface area (Å²) in [7, 11) is 0.